The number of nitro benzene ring substituents is 1. The number of non-ortho nitro benzene ring substituents is 1. The highest BCUT2D eigenvalue weighted by Crippen LogP contribution is 2.27. The van der Waals surface area contributed by atoms with Crippen LogP contribution in [0.5, 0.6) is 0 Å². The van der Waals surface area contributed by atoms with E-state index in [2.05, 4.69) is 37.1 Å². The highest BCUT2D eigenvalue weighted by atomic mass is 16.6. The van der Waals surface area contributed by atoms with Crippen molar-refractivity contribution in [2.45, 2.75) is 32.6 Å². The second kappa shape index (κ2) is 6.63. The third-order valence-electron chi connectivity index (χ3n) is 4.20. The van der Waals surface area contributed by atoms with Crippen molar-refractivity contribution in [2.75, 3.05) is 5.32 Å². The van der Waals surface area contributed by atoms with Crippen molar-refractivity contribution in [3.63, 3.8) is 0 Å². The number of H-pyrrole nitrogens is 1. The van der Waals surface area contributed by atoms with E-state index in [1.165, 1.54) is 12.1 Å². The predicted molar refractivity (Wildman–Crippen MR) is 102 cm³/mol. The van der Waals surface area contributed by atoms with Crippen LogP contribution in [0.4, 0.5) is 11.4 Å². The van der Waals surface area contributed by atoms with Crippen molar-refractivity contribution in [3.8, 4) is 0 Å². The molecular formula is C20H21N3O3. The van der Waals surface area contributed by atoms with Crippen LogP contribution in [0.1, 0.15) is 32.0 Å². The van der Waals surface area contributed by atoms with E-state index >= 15 is 0 Å². The van der Waals surface area contributed by atoms with Crippen molar-refractivity contribution >= 4 is 28.2 Å². The van der Waals surface area contributed by atoms with Crippen molar-refractivity contribution in [1.29, 1.82) is 0 Å². The zero-order chi connectivity index (χ0) is 18.9. The van der Waals surface area contributed by atoms with Gasteiger partial charge in [-0.2, -0.15) is 0 Å². The molecule has 6 heteroatoms. The Morgan fingerprint density at radius 3 is 2.62 bits per heavy atom. The largest absolute Gasteiger partial charge is 0.358 e. The van der Waals surface area contributed by atoms with E-state index in [1.807, 2.05) is 18.2 Å². The van der Waals surface area contributed by atoms with Gasteiger partial charge in [-0.3, -0.25) is 14.9 Å². The highest BCUT2D eigenvalue weighted by Gasteiger charge is 2.16. The molecule has 134 valence electrons. The maximum Gasteiger partial charge on any atom is 0.269 e. The average Bonchev–Trinajstić information content (AvgIpc) is 2.98. The molecule has 3 aromatic rings. The van der Waals surface area contributed by atoms with Crippen LogP contribution in [0.2, 0.25) is 0 Å². The Hall–Kier alpha value is -3.15. The molecule has 6 nitrogen and oxygen atoms in total. The number of rotatable bonds is 4. The number of hydrogen-bond acceptors (Lipinski definition) is 3. The molecule has 0 bridgehead atoms. The number of carbonyl (C=O) groups excluding carboxylic acids is 1. The molecule has 0 aliphatic rings. The van der Waals surface area contributed by atoms with Crippen molar-refractivity contribution < 1.29 is 9.72 Å². The first-order valence-electron chi connectivity index (χ1n) is 8.39. The fourth-order valence-corrected chi connectivity index (χ4v) is 2.78. The van der Waals surface area contributed by atoms with E-state index in [4.69, 9.17) is 0 Å². The Kier molecular flexibility index (Phi) is 4.50. The Balaban J connectivity index is 1.75. The molecule has 0 aliphatic heterocycles. The van der Waals surface area contributed by atoms with Gasteiger partial charge in [0.05, 0.1) is 11.3 Å². The number of aromatic nitrogens is 1. The minimum atomic E-state index is -0.464. The first kappa shape index (κ1) is 17.7. The molecule has 3 rings (SSSR count). The fourth-order valence-electron chi connectivity index (χ4n) is 2.78. The zero-order valence-electron chi connectivity index (χ0n) is 15.0. The summed E-state index contributed by atoms with van der Waals surface area (Å²) < 4.78 is 0. The number of nitro groups is 1. The number of nitrogens with zero attached hydrogens (tertiary/aromatic N) is 1. The number of amides is 1. The minimum Gasteiger partial charge on any atom is -0.358 e. The summed E-state index contributed by atoms with van der Waals surface area (Å²) in [4.78, 5) is 26.0. The van der Waals surface area contributed by atoms with E-state index < -0.39 is 4.92 Å². The molecule has 1 heterocycles. The minimum absolute atomic E-state index is 0.0150. The molecule has 0 atom stereocenters. The molecule has 1 aromatic heterocycles. The molecular weight excluding hydrogens is 330 g/mol. The molecule has 0 spiro atoms. The first-order chi connectivity index (χ1) is 12.2. The molecule has 0 saturated carbocycles. The SMILES string of the molecule is CC(C)(C)c1cc2cc(NC(=O)Cc3cccc([N+](=O)[O-])c3)ccc2[nH]1. The van der Waals surface area contributed by atoms with Crippen molar-refractivity contribution in [2.24, 2.45) is 0 Å². The maximum absolute atomic E-state index is 12.3. The van der Waals surface area contributed by atoms with E-state index in [0.717, 1.165) is 16.6 Å². The van der Waals surface area contributed by atoms with Crippen molar-refractivity contribution in [1.82, 2.24) is 4.98 Å². The number of anilines is 1. The molecule has 0 radical (unpaired) electrons. The van der Waals surface area contributed by atoms with Crippen LogP contribution >= 0.6 is 0 Å². The summed E-state index contributed by atoms with van der Waals surface area (Å²) in [6.45, 7) is 6.42. The predicted octanol–water partition coefficient (Wildman–Crippen LogP) is 4.55. The van der Waals surface area contributed by atoms with Gasteiger partial charge >= 0.3 is 0 Å². The van der Waals surface area contributed by atoms with Gasteiger partial charge in [0.1, 0.15) is 0 Å². The standard InChI is InChI=1S/C20H21N3O3/c1-20(2,3)18-12-14-11-15(7-8-17(14)22-18)21-19(24)10-13-5-4-6-16(9-13)23(25)26/h4-9,11-12,22H,10H2,1-3H3,(H,21,24). The zero-order valence-corrected chi connectivity index (χ0v) is 15.0. The van der Waals surface area contributed by atoms with Crippen LogP contribution in [0.25, 0.3) is 10.9 Å². The number of carbonyl (C=O) groups is 1. The molecule has 26 heavy (non-hydrogen) atoms. The maximum atomic E-state index is 12.3. The van der Waals surface area contributed by atoms with Gasteiger partial charge in [0, 0.05) is 39.8 Å². The monoisotopic (exact) mass is 351 g/mol. The molecule has 2 N–H and O–H groups in total. The quantitative estimate of drug-likeness (QED) is 0.534. The summed E-state index contributed by atoms with van der Waals surface area (Å²) in [5.74, 6) is -0.212. The number of fused-ring (bicyclic) bond motifs is 1. The summed E-state index contributed by atoms with van der Waals surface area (Å²) in [5, 5.41) is 14.7. The summed E-state index contributed by atoms with van der Waals surface area (Å²) >= 11 is 0. The van der Waals surface area contributed by atoms with Crippen LogP contribution in [-0.2, 0) is 16.6 Å². The first-order valence-corrected chi connectivity index (χ1v) is 8.39. The van der Waals surface area contributed by atoms with E-state index in [1.54, 1.807) is 12.1 Å². The summed E-state index contributed by atoms with van der Waals surface area (Å²) in [5.41, 5.74) is 3.46. The number of hydrogen-bond donors (Lipinski definition) is 2. The van der Waals surface area contributed by atoms with E-state index in [0.29, 0.717) is 11.3 Å². The third kappa shape index (κ3) is 3.91. The van der Waals surface area contributed by atoms with Gasteiger partial charge in [0.25, 0.3) is 5.69 Å². The molecule has 0 fully saturated rings. The second-order valence-corrected chi connectivity index (χ2v) is 7.39. The summed E-state index contributed by atoms with van der Waals surface area (Å²) in [7, 11) is 0. The topological polar surface area (TPSA) is 88.0 Å². The number of nitrogens with one attached hydrogen (secondary N) is 2. The van der Waals surface area contributed by atoms with Crippen LogP contribution in [0.3, 0.4) is 0 Å². The lowest BCUT2D eigenvalue weighted by molar-refractivity contribution is -0.384. The smallest absolute Gasteiger partial charge is 0.269 e. The lowest BCUT2D eigenvalue weighted by atomic mass is 9.92. The molecule has 0 unspecified atom stereocenters. The van der Waals surface area contributed by atoms with Gasteiger partial charge in [0.15, 0.2) is 0 Å². The van der Waals surface area contributed by atoms with Gasteiger partial charge in [-0.25, -0.2) is 0 Å². The number of aromatic amines is 1. The van der Waals surface area contributed by atoms with Gasteiger partial charge in [-0.05, 0) is 29.8 Å². The van der Waals surface area contributed by atoms with Gasteiger partial charge in [-0.15, -0.1) is 0 Å². The lowest BCUT2D eigenvalue weighted by Gasteiger charge is -2.15. The van der Waals surface area contributed by atoms with Crippen LogP contribution in [0, 0.1) is 10.1 Å². The van der Waals surface area contributed by atoms with Gasteiger partial charge in [-0.1, -0.05) is 32.9 Å². The third-order valence-corrected chi connectivity index (χ3v) is 4.20. The molecule has 0 saturated heterocycles. The summed E-state index contributed by atoms with van der Waals surface area (Å²) in [6, 6.07) is 13.9. The van der Waals surface area contributed by atoms with Crippen LogP contribution in [0.15, 0.2) is 48.5 Å². The normalized spacial score (nSPS) is 11.5. The molecule has 2 aromatic carbocycles. The average molecular weight is 351 g/mol. The van der Waals surface area contributed by atoms with Crippen LogP contribution in [-0.4, -0.2) is 15.8 Å². The Labute approximate surface area is 151 Å². The van der Waals surface area contributed by atoms with Crippen LogP contribution < -0.4 is 5.32 Å². The van der Waals surface area contributed by atoms with Gasteiger partial charge in [0.2, 0.25) is 5.91 Å². The molecule has 1 amide bonds. The highest BCUT2D eigenvalue weighted by molar-refractivity contribution is 5.95. The van der Waals surface area contributed by atoms with E-state index in [-0.39, 0.29) is 23.4 Å². The van der Waals surface area contributed by atoms with Crippen molar-refractivity contribution in [3.05, 3.63) is 69.9 Å². The fraction of sp³-hybridized carbons (Fsp3) is 0.250. The Bertz CT molecular complexity index is 983. The summed E-state index contributed by atoms with van der Waals surface area (Å²) in [6.07, 6.45) is 0.0834. The second-order valence-electron chi connectivity index (χ2n) is 7.39. The van der Waals surface area contributed by atoms with Gasteiger partial charge < -0.3 is 10.3 Å². The number of benzene rings is 2. The Morgan fingerprint density at radius 1 is 1.15 bits per heavy atom. The van der Waals surface area contributed by atoms with E-state index in [9.17, 15) is 14.9 Å². The Morgan fingerprint density at radius 2 is 1.92 bits per heavy atom. The lowest BCUT2D eigenvalue weighted by Crippen LogP contribution is -2.14. The molecule has 0 aliphatic carbocycles.